The number of nitrogens with zero attached hydrogens (tertiary/aromatic N) is 2. The van der Waals surface area contributed by atoms with E-state index in [2.05, 4.69) is 39.8 Å². The van der Waals surface area contributed by atoms with Crippen LogP contribution in [0, 0.1) is 11.8 Å². The van der Waals surface area contributed by atoms with E-state index in [1.54, 1.807) is 14.2 Å². The molecule has 1 aliphatic heterocycles. The second-order valence-electron chi connectivity index (χ2n) is 7.44. The van der Waals surface area contributed by atoms with Gasteiger partial charge >= 0.3 is 0 Å². The highest BCUT2D eigenvalue weighted by atomic mass is 16.5. The Morgan fingerprint density at radius 2 is 1.46 bits per heavy atom. The van der Waals surface area contributed by atoms with E-state index < -0.39 is 0 Å². The average molecular weight is 360 g/mol. The molecule has 0 bridgehead atoms. The molecule has 1 aromatic carbocycles. The second-order valence-corrected chi connectivity index (χ2v) is 7.44. The van der Waals surface area contributed by atoms with Crippen LogP contribution in [0.2, 0.25) is 0 Å². The highest BCUT2D eigenvalue weighted by Crippen LogP contribution is 2.24. The molecule has 0 aliphatic carbocycles. The Morgan fingerprint density at radius 1 is 0.885 bits per heavy atom. The summed E-state index contributed by atoms with van der Waals surface area (Å²) in [5.41, 5.74) is 1.14. The molecule has 0 unspecified atom stereocenters. The lowest BCUT2D eigenvalue weighted by Crippen LogP contribution is -2.44. The smallest absolute Gasteiger partial charge is 0.212 e. The van der Waals surface area contributed by atoms with Gasteiger partial charge in [-0.1, -0.05) is 58.0 Å². The maximum absolute atomic E-state index is 6.28. The van der Waals surface area contributed by atoms with Crippen molar-refractivity contribution >= 4 is 11.8 Å². The van der Waals surface area contributed by atoms with Gasteiger partial charge in [-0.15, -0.1) is 0 Å². The van der Waals surface area contributed by atoms with Crippen molar-refractivity contribution in [3.05, 3.63) is 35.9 Å². The van der Waals surface area contributed by atoms with Crippen molar-refractivity contribution in [2.24, 2.45) is 21.8 Å². The molecule has 0 N–H and O–H groups in total. The molecule has 1 aromatic rings. The molecule has 0 fully saturated rings. The Balaban J connectivity index is 2.24. The quantitative estimate of drug-likeness (QED) is 0.735. The lowest BCUT2D eigenvalue weighted by molar-refractivity contribution is 0.0187. The zero-order valence-corrected chi connectivity index (χ0v) is 16.8. The van der Waals surface area contributed by atoms with Gasteiger partial charge in [0.2, 0.25) is 11.8 Å². The van der Waals surface area contributed by atoms with Gasteiger partial charge in [-0.05, 0) is 23.8 Å². The molecule has 0 radical (unpaired) electrons. The third-order valence-electron chi connectivity index (χ3n) is 4.45. The monoisotopic (exact) mass is 360 g/mol. The van der Waals surface area contributed by atoms with E-state index >= 15 is 0 Å². The number of hydrogen-bond donors (Lipinski definition) is 0. The van der Waals surface area contributed by atoms with E-state index in [1.165, 1.54) is 0 Å². The summed E-state index contributed by atoms with van der Waals surface area (Å²) in [5.74, 6) is 2.04. The predicted molar refractivity (Wildman–Crippen MR) is 106 cm³/mol. The molecular weight excluding hydrogens is 328 g/mol. The predicted octanol–water partition coefficient (Wildman–Crippen LogP) is 4.11. The molecular formula is C21H32N2O3. The van der Waals surface area contributed by atoms with E-state index in [1.807, 2.05) is 18.2 Å². The van der Waals surface area contributed by atoms with Crippen LogP contribution in [-0.4, -0.2) is 44.2 Å². The number of ether oxygens (including phenoxy) is 3. The average Bonchev–Trinajstić information content (AvgIpc) is 2.64. The Bertz CT molecular complexity index is 611. The fourth-order valence-electron chi connectivity index (χ4n) is 3.09. The van der Waals surface area contributed by atoms with Gasteiger partial charge in [-0.25, -0.2) is 9.98 Å². The lowest BCUT2D eigenvalue weighted by atomic mass is 9.97. The van der Waals surface area contributed by atoms with E-state index in [-0.39, 0.29) is 24.1 Å². The van der Waals surface area contributed by atoms with Crippen LogP contribution >= 0.6 is 0 Å². The first-order valence-corrected chi connectivity index (χ1v) is 9.35. The molecule has 0 saturated heterocycles. The molecule has 26 heavy (non-hydrogen) atoms. The Labute approximate surface area is 157 Å². The Hall–Kier alpha value is -1.88. The number of methoxy groups -OCH3 is 2. The summed E-state index contributed by atoms with van der Waals surface area (Å²) >= 11 is 0. The Kier molecular flexibility index (Phi) is 7.64. The minimum atomic E-state index is -0.281. The van der Waals surface area contributed by atoms with Crippen molar-refractivity contribution < 1.29 is 14.2 Å². The van der Waals surface area contributed by atoms with Gasteiger partial charge in [-0.3, -0.25) is 0 Å². The van der Waals surface area contributed by atoms with Crippen LogP contribution in [0.25, 0.3) is 0 Å². The number of rotatable bonds is 7. The second kappa shape index (κ2) is 9.72. The van der Waals surface area contributed by atoms with Gasteiger partial charge in [0.25, 0.3) is 0 Å². The zero-order chi connectivity index (χ0) is 19.1. The van der Waals surface area contributed by atoms with Crippen LogP contribution in [0.15, 0.2) is 40.3 Å². The zero-order valence-electron chi connectivity index (χ0n) is 16.8. The number of hydrogen-bond acceptors (Lipinski definition) is 5. The van der Waals surface area contributed by atoms with Gasteiger partial charge in [0.1, 0.15) is 6.04 Å². The minimum Gasteiger partial charge on any atom is -0.483 e. The molecule has 0 saturated carbocycles. The Morgan fingerprint density at radius 3 is 2.00 bits per heavy atom. The van der Waals surface area contributed by atoms with Crippen molar-refractivity contribution in [1.82, 2.24) is 0 Å². The van der Waals surface area contributed by atoms with Crippen LogP contribution in [0.1, 0.15) is 39.7 Å². The van der Waals surface area contributed by atoms with Crippen LogP contribution < -0.4 is 0 Å². The standard InChI is InChI=1S/C21H32N2O3/c1-14(2)12-17(26-13-16-10-8-7-9-11-16)19-21(25-6)22-18(15(3)4)20(23-19)24-5/h7-11,14-15,17-19H,12-13H2,1-6H3/t17-,18-,19+/m1/s1. The maximum atomic E-state index is 6.28. The van der Waals surface area contributed by atoms with Crippen molar-refractivity contribution in [3.8, 4) is 0 Å². The maximum Gasteiger partial charge on any atom is 0.212 e. The van der Waals surface area contributed by atoms with Crippen LogP contribution in [0.3, 0.4) is 0 Å². The van der Waals surface area contributed by atoms with Crippen LogP contribution in [-0.2, 0) is 20.8 Å². The van der Waals surface area contributed by atoms with E-state index in [9.17, 15) is 0 Å². The SMILES string of the molecule is COC1=N[C@H](C(C)C)C(OC)=N[C@H]1[C@@H](CC(C)C)OCc1ccccc1. The molecule has 3 atom stereocenters. The van der Waals surface area contributed by atoms with Gasteiger partial charge in [-0.2, -0.15) is 0 Å². The highest BCUT2D eigenvalue weighted by molar-refractivity contribution is 5.94. The number of aliphatic imine (C=N–C) groups is 2. The highest BCUT2D eigenvalue weighted by Gasteiger charge is 2.36. The summed E-state index contributed by atoms with van der Waals surface area (Å²) in [4.78, 5) is 9.61. The summed E-state index contributed by atoms with van der Waals surface area (Å²) in [5, 5.41) is 0. The summed E-state index contributed by atoms with van der Waals surface area (Å²) in [6, 6.07) is 9.79. The third kappa shape index (κ3) is 5.31. The third-order valence-corrected chi connectivity index (χ3v) is 4.45. The fraction of sp³-hybridized carbons (Fsp3) is 0.619. The lowest BCUT2D eigenvalue weighted by Gasteiger charge is -2.32. The van der Waals surface area contributed by atoms with Gasteiger partial charge in [0.05, 0.1) is 26.9 Å². The topological polar surface area (TPSA) is 52.4 Å². The van der Waals surface area contributed by atoms with E-state index in [0.717, 1.165) is 12.0 Å². The van der Waals surface area contributed by atoms with Gasteiger partial charge in [0.15, 0.2) is 6.04 Å². The molecule has 144 valence electrons. The first kappa shape index (κ1) is 20.4. The van der Waals surface area contributed by atoms with Crippen molar-refractivity contribution in [2.75, 3.05) is 14.2 Å². The molecule has 0 aromatic heterocycles. The minimum absolute atomic E-state index is 0.111. The summed E-state index contributed by atoms with van der Waals surface area (Å²) in [6.45, 7) is 9.12. The number of benzene rings is 1. The molecule has 0 amide bonds. The first-order valence-electron chi connectivity index (χ1n) is 9.35. The molecule has 5 nitrogen and oxygen atoms in total. The van der Waals surface area contributed by atoms with E-state index in [0.29, 0.717) is 24.3 Å². The van der Waals surface area contributed by atoms with Crippen LogP contribution in [0.4, 0.5) is 0 Å². The fourth-order valence-corrected chi connectivity index (χ4v) is 3.09. The summed E-state index contributed by atoms with van der Waals surface area (Å²) in [7, 11) is 3.31. The normalized spacial score (nSPS) is 21.4. The molecule has 1 heterocycles. The van der Waals surface area contributed by atoms with E-state index in [4.69, 9.17) is 24.2 Å². The van der Waals surface area contributed by atoms with Crippen molar-refractivity contribution in [1.29, 1.82) is 0 Å². The molecule has 1 aliphatic rings. The molecule has 0 spiro atoms. The van der Waals surface area contributed by atoms with Gasteiger partial charge < -0.3 is 14.2 Å². The summed E-state index contributed by atoms with van der Waals surface area (Å²) < 4.78 is 17.4. The molecule has 2 rings (SSSR count). The summed E-state index contributed by atoms with van der Waals surface area (Å²) in [6.07, 6.45) is 0.749. The first-order chi connectivity index (χ1) is 12.5. The van der Waals surface area contributed by atoms with Gasteiger partial charge in [0, 0.05) is 0 Å². The van der Waals surface area contributed by atoms with Crippen molar-refractivity contribution in [2.45, 2.75) is 58.9 Å². The van der Waals surface area contributed by atoms with Crippen molar-refractivity contribution in [3.63, 3.8) is 0 Å². The molecule has 5 heteroatoms. The van der Waals surface area contributed by atoms with Crippen LogP contribution in [0.5, 0.6) is 0 Å². The largest absolute Gasteiger partial charge is 0.483 e.